The van der Waals surface area contributed by atoms with E-state index in [0.717, 1.165) is 5.56 Å². The van der Waals surface area contributed by atoms with Crippen LogP contribution in [0.15, 0.2) is 29.3 Å². The van der Waals surface area contributed by atoms with Gasteiger partial charge >= 0.3 is 0 Å². The molecule has 0 radical (unpaired) electrons. The van der Waals surface area contributed by atoms with Crippen LogP contribution in [0, 0.1) is 0 Å². The van der Waals surface area contributed by atoms with Crippen molar-refractivity contribution in [2.45, 2.75) is 18.8 Å². The van der Waals surface area contributed by atoms with E-state index in [1.807, 2.05) is 18.2 Å². The molecule has 0 aliphatic heterocycles. The van der Waals surface area contributed by atoms with Crippen LogP contribution in [0.25, 0.3) is 0 Å². The molecule has 18 heavy (non-hydrogen) atoms. The maximum Gasteiger partial charge on any atom is 0.160 e. The number of allylic oxidation sites excluding steroid dienone is 2. The third-order valence-corrected chi connectivity index (χ3v) is 3.35. The normalized spacial score (nSPS) is 19.4. The molecule has 0 amide bonds. The SMILES string of the molecule is COc1ccc(C2CC(=O)C=C(Cl)C2)cc1OC. The number of carbonyl (C=O) groups is 1. The standard InChI is InChI=1S/C14H15ClO3/c1-17-13-4-3-9(7-14(13)18-2)10-5-11(15)8-12(16)6-10/h3-4,7-8,10H,5-6H2,1-2H3. The number of ketones is 1. The summed E-state index contributed by atoms with van der Waals surface area (Å²) in [6.07, 6.45) is 2.70. The van der Waals surface area contributed by atoms with Crippen LogP contribution < -0.4 is 9.47 Å². The van der Waals surface area contributed by atoms with Crippen molar-refractivity contribution in [2.75, 3.05) is 14.2 Å². The van der Waals surface area contributed by atoms with E-state index in [1.165, 1.54) is 6.08 Å². The molecule has 0 heterocycles. The van der Waals surface area contributed by atoms with Gasteiger partial charge in [0.2, 0.25) is 0 Å². The first-order chi connectivity index (χ1) is 8.63. The topological polar surface area (TPSA) is 35.5 Å². The van der Waals surface area contributed by atoms with E-state index in [-0.39, 0.29) is 11.7 Å². The molecule has 0 saturated carbocycles. The molecule has 96 valence electrons. The summed E-state index contributed by atoms with van der Waals surface area (Å²) in [5.74, 6) is 1.55. The van der Waals surface area contributed by atoms with E-state index < -0.39 is 0 Å². The minimum Gasteiger partial charge on any atom is -0.493 e. The Kier molecular flexibility index (Phi) is 3.92. The molecule has 0 spiro atoms. The summed E-state index contributed by atoms with van der Waals surface area (Å²) in [6.45, 7) is 0. The second-order valence-corrected chi connectivity index (χ2v) is 4.76. The zero-order valence-electron chi connectivity index (χ0n) is 10.4. The van der Waals surface area contributed by atoms with Crippen molar-refractivity contribution in [1.82, 2.24) is 0 Å². The molecule has 1 atom stereocenters. The van der Waals surface area contributed by atoms with E-state index in [1.54, 1.807) is 14.2 Å². The van der Waals surface area contributed by atoms with E-state index in [2.05, 4.69) is 0 Å². The minimum absolute atomic E-state index is 0.0750. The second kappa shape index (κ2) is 5.44. The Morgan fingerprint density at radius 2 is 1.89 bits per heavy atom. The lowest BCUT2D eigenvalue weighted by Crippen LogP contribution is -2.11. The molecule has 0 bridgehead atoms. The molecule has 2 rings (SSSR count). The number of hydrogen-bond acceptors (Lipinski definition) is 3. The van der Waals surface area contributed by atoms with Crippen LogP contribution in [0.4, 0.5) is 0 Å². The highest BCUT2D eigenvalue weighted by Crippen LogP contribution is 2.37. The molecule has 0 saturated heterocycles. The smallest absolute Gasteiger partial charge is 0.160 e. The third kappa shape index (κ3) is 2.67. The van der Waals surface area contributed by atoms with E-state index in [0.29, 0.717) is 29.4 Å². The highest BCUT2D eigenvalue weighted by molar-refractivity contribution is 6.31. The second-order valence-electron chi connectivity index (χ2n) is 4.28. The Labute approximate surface area is 111 Å². The van der Waals surface area contributed by atoms with Gasteiger partial charge in [0.25, 0.3) is 0 Å². The van der Waals surface area contributed by atoms with E-state index in [9.17, 15) is 4.79 Å². The molecule has 1 aromatic carbocycles. The molecule has 1 aliphatic rings. The Morgan fingerprint density at radius 1 is 1.17 bits per heavy atom. The maximum atomic E-state index is 11.5. The fourth-order valence-corrected chi connectivity index (χ4v) is 2.49. The first-order valence-corrected chi connectivity index (χ1v) is 6.12. The van der Waals surface area contributed by atoms with Crippen LogP contribution in [0.5, 0.6) is 11.5 Å². The number of halogens is 1. The zero-order valence-corrected chi connectivity index (χ0v) is 11.2. The van der Waals surface area contributed by atoms with Gasteiger partial charge in [-0.1, -0.05) is 17.7 Å². The molecule has 0 aromatic heterocycles. The molecule has 0 N–H and O–H groups in total. The quantitative estimate of drug-likeness (QED) is 0.842. The Bertz CT molecular complexity index is 494. The Hall–Kier alpha value is -1.48. The molecular weight excluding hydrogens is 252 g/mol. The van der Waals surface area contributed by atoms with E-state index >= 15 is 0 Å². The van der Waals surface area contributed by atoms with Gasteiger partial charge in [-0.05, 0) is 36.1 Å². The van der Waals surface area contributed by atoms with Crippen molar-refractivity contribution in [3.63, 3.8) is 0 Å². The monoisotopic (exact) mass is 266 g/mol. The van der Waals surface area contributed by atoms with Gasteiger partial charge in [0.05, 0.1) is 14.2 Å². The fourth-order valence-electron chi connectivity index (χ4n) is 2.19. The molecule has 4 heteroatoms. The predicted molar refractivity (Wildman–Crippen MR) is 70.5 cm³/mol. The number of carbonyl (C=O) groups excluding carboxylic acids is 1. The molecule has 1 aliphatic carbocycles. The van der Waals surface area contributed by atoms with Gasteiger partial charge in [0, 0.05) is 11.5 Å². The van der Waals surface area contributed by atoms with E-state index in [4.69, 9.17) is 21.1 Å². The van der Waals surface area contributed by atoms with Gasteiger partial charge in [-0.2, -0.15) is 0 Å². The van der Waals surface area contributed by atoms with Crippen molar-refractivity contribution in [1.29, 1.82) is 0 Å². The minimum atomic E-state index is 0.0750. The van der Waals surface area contributed by atoms with Crippen LogP contribution in [0.3, 0.4) is 0 Å². The number of methoxy groups -OCH3 is 2. The van der Waals surface area contributed by atoms with Crippen molar-refractivity contribution in [3.8, 4) is 11.5 Å². The van der Waals surface area contributed by atoms with Gasteiger partial charge in [-0.25, -0.2) is 0 Å². The molecule has 3 nitrogen and oxygen atoms in total. The lowest BCUT2D eigenvalue weighted by Gasteiger charge is -2.20. The number of ether oxygens (including phenoxy) is 2. The van der Waals surface area contributed by atoms with Crippen LogP contribution in [0.1, 0.15) is 24.3 Å². The lowest BCUT2D eigenvalue weighted by atomic mass is 9.87. The molecule has 1 unspecified atom stereocenters. The average Bonchev–Trinajstić information content (AvgIpc) is 2.36. The van der Waals surface area contributed by atoms with Gasteiger partial charge in [-0.3, -0.25) is 4.79 Å². The van der Waals surface area contributed by atoms with Gasteiger partial charge in [-0.15, -0.1) is 0 Å². The van der Waals surface area contributed by atoms with Gasteiger partial charge < -0.3 is 9.47 Å². The number of benzene rings is 1. The third-order valence-electron chi connectivity index (χ3n) is 3.09. The summed E-state index contributed by atoms with van der Waals surface area (Å²) >= 11 is 5.97. The Balaban J connectivity index is 2.29. The summed E-state index contributed by atoms with van der Waals surface area (Å²) in [7, 11) is 3.20. The fraction of sp³-hybridized carbons (Fsp3) is 0.357. The van der Waals surface area contributed by atoms with Crippen LogP contribution >= 0.6 is 11.6 Å². The van der Waals surface area contributed by atoms with Gasteiger partial charge in [0.15, 0.2) is 17.3 Å². The van der Waals surface area contributed by atoms with Gasteiger partial charge in [0.1, 0.15) is 0 Å². The largest absolute Gasteiger partial charge is 0.493 e. The van der Waals surface area contributed by atoms with Crippen molar-refractivity contribution in [2.24, 2.45) is 0 Å². The number of hydrogen-bond donors (Lipinski definition) is 0. The Morgan fingerprint density at radius 3 is 2.50 bits per heavy atom. The predicted octanol–water partition coefficient (Wildman–Crippen LogP) is 3.27. The first kappa shape index (κ1) is 13.0. The zero-order chi connectivity index (χ0) is 13.1. The summed E-state index contributed by atoms with van der Waals surface area (Å²) in [4.78, 5) is 11.5. The van der Waals surface area contributed by atoms with Crippen LogP contribution in [-0.4, -0.2) is 20.0 Å². The first-order valence-electron chi connectivity index (χ1n) is 5.75. The van der Waals surface area contributed by atoms with Crippen molar-refractivity contribution < 1.29 is 14.3 Å². The molecular formula is C14H15ClO3. The highest BCUT2D eigenvalue weighted by Gasteiger charge is 2.22. The summed E-state index contributed by atoms with van der Waals surface area (Å²) in [5, 5.41) is 0.617. The van der Waals surface area contributed by atoms with Crippen molar-refractivity contribution >= 4 is 17.4 Å². The molecule has 0 fully saturated rings. The maximum absolute atomic E-state index is 11.5. The number of rotatable bonds is 3. The molecule has 1 aromatic rings. The van der Waals surface area contributed by atoms with Crippen LogP contribution in [-0.2, 0) is 4.79 Å². The highest BCUT2D eigenvalue weighted by atomic mass is 35.5. The van der Waals surface area contributed by atoms with Crippen molar-refractivity contribution in [3.05, 3.63) is 34.9 Å². The lowest BCUT2D eigenvalue weighted by molar-refractivity contribution is -0.115. The summed E-state index contributed by atoms with van der Waals surface area (Å²) < 4.78 is 10.5. The summed E-state index contributed by atoms with van der Waals surface area (Å²) in [6, 6.07) is 5.71. The average molecular weight is 267 g/mol. The summed E-state index contributed by atoms with van der Waals surface area (Å²) in [5.41, 5.74) is 1.05. The van der Waals surface area contributed by atoms with Crippen LogP contribution in [0.2, 0.25) is 0 Å².